The highest BCUT2D eigenvalue weighted by Gasteiger charge is 2.35. The molecule has 3 fully saturated rings. The van der Waals surface area contributed by atoms with E-state index in [1.54, 1.807) is 24.5 Å². The number of rotatable bonds is 10. The predicted molar refractivity (Wildman–Crippen MR) is 208 cm³/mol. The fourth-order valence-electron chi connectivity index (χ4n) is 8.87. The van der Waals surface area contributed by atoms with Crippen molar-refractivity contribution in [3.63, 3.8) is 0 Å². The van der Waals surface area contributed by atoms with Gasteiger partial charge in [-0.25, -0.2) is 12.8 Å². The van der Waals surface area contributed by atoms with Crippen LogP contribution in [0, 0.1) is 11.2 Å². The van der Waals surface area contributed by atoms with Gasteiger partial charge in [0, 0.05) is 75.1 Å². The van der Waals surface area contributed by atoms with Gasteiger partial charge in [-0.2, -0.15) is 0 Å². The Kier molecular flexibility index (Phi) is 11.8. The van der Waals surface area contributed by atoms with Crippen LogP contribution in [0.15, 0.2) is 57.3 Å². The third kappa shape index (κ3) is 8.90. The number of halogens is 1. The number of likely N-dealkylation sites (N-methyl/N-ethyl adjacent to an activating group) is 1. The fraction of sp³-hybridized carbons (Fsp3) is 0.625. The van der Waals surface area contributed by atoms with Gasteiger partial charge >= 0.3 is 0 Å². The van der Waals surface area contributed by atoms with Gasteiger partial charge in [-0.05, 0) is 106 Å². The first-order chi connectivity index (χ1) is 24.5. The molecule has 0 amide bonds. The number of hydrogen-bond acceptors (Lipinski definition) is 9. The van der Waals surface area contributed by atoms with E-state index in [-0.39, 0.29) is 16.1 Å². The number of piperazine rings is 1. The molecule has 52 heavy (non-hydrogen) atoms. The molecule has 286 valence electrons. The molecule has 0 saturated carbocycles. The molecule has 4 heterocycles. The van der Waals surface area contributed by atoms with Crippen LogP contribution in [0.1, 0.15) is 73.6 Å². The minimum absolute atomic E-state index is 0.00931. The summed E-state index contributed by atoms with van der Waals surface area (Å²) in [6.07, 6.45) is 7.86. The molecule has 1 unspecified atom stereocenters. The zero-order valence-corrected chi connectivity index (χ0v) is 33.8. The van der Waals surface area contributed by atoms with Crippen LogP contribution < -0.4 is 9.64 Å². The number of pyridine rings is 1. The highest BCUT2D eigenvalue weighted by molar-refractivity contribution is 7.91. The smallest absolute Gasteiger partial charge is 0.213 e. The van der Waals surface area contributed by atoms with E-state index in [1.807, 2.05) is 13.8 Å². The van der Waals surface area contributed by atoms with Crippen molar-refractivity contribution in [1.82, 2.24) is 19.7 Å². The molecule has 3 aliphatic rings. The van der Waals surface area contributed by atoms with Crippen LogP contribution in [0.25, 0.3) is 10.9 Å². The molecule has 6 rings (SSSR count). The minimum atomic E-state index is -4.35. The first-order valence-corrected chi connectivity index (χ1v) is 22.0. The maximum absolute atomic E-state index is 15.9. The quantitative estimate of drug-likeness (QED) is 0.212. The molecular weight excluding hydrogens is 698 g/mol. The van der Waals surface area contributed by atoms with Gasteiger partial charge in [-0.15, -0.1) is 0 Å². The van der Waals surface area contributed by atoms with Crippen molar-refractivity contribution >= 4 is 37.6 Å². The first-order valence-electron chi connectivity index (χ1n) is 19.0. The Morgan fingerprint density at radius 1 is 0.865 bits per heavy atom. The summed E-state index contributed by atoms with van der Waals surface area (Å²) in [6.45, 7) is 21.7. The SMILES string of the molecule is CCN1CCN(C2CCN(C3CCN(c4c(S(=O)(=O)c5ccc(OC(C)(C)CC(C)(C)C)cc5F)cnc5ccc([S+](C)[O-])cc45)CC3)CC2)CC1. The van der Waals surface area contributed by atoms with E-state index in [1.165, 1.54) is 37.2 Å². The van der Waals surface area contributed by atoms with Crippen LogP contribution in [0.4, 0.5) is 10.1 Å². The molecule has 0 bridgehead atoms. The van der Waals surface area contributed by atoms with E-state index in [0.29, 0.717) is 46.7 Å². The monoisotopic (exact) mass is 755 g/mol. The van der Waals surface area contributed by atoms with Crippen molar-refractivity contribution in [2.45, 2.75) is 106 Å². The average Bonchev–Trinajstić information content (AvgIpc) is 3.09. The van der Waals surface area contributed by atoms with Gasteiger partial charge < -0.3 is 24.0 Å². The molecule has 0 aliphatic carbocycles. The van der Waals surface area contributed by atoms with Gasteiger partial charge in [0.2, 0.25) is 9.84 Å². The lowest BCUT2D eigenvalue weighted by Crippen LogP contribution is -2.55. The molecule has 9 nitrogen and oxygen atoms in total. The zero-order valence-electron chi connectivity index (χ0n) is 32.2. The summed E-state index contributed by atoms with van der Waals surface area (Å²) in [5.41, 5.74) is 0.526. The van der Waals surface area contributed by atoms with E-state index in [2.05, 4.69) is 52.3 Å². The number of anilines is 1. The normalized spacial score (nSPS) is 20.4. The molecular formula is C40H58FN5O4S2. The van der Waals surface area contributed by atoms with Crippen molar-refractivity contribution in [2.24, 2.45) is 5.41 Å². The largest absolute Gasteiger partial charge is 0.612 e. The van der Waals surface area contributed by atoms with Crippen LogP contribution >= 0.6 is 0 Å². The summed E-state index contributed by atoms with van der Waals surface area (Å²) in [4.78, 5) is 14.7. The van der Waals surface area contributed by atoms with Crippen LogP contribution in [0.2, 0.25) is 0 Å². The topological polar surface area (TPSA) is 92.3 Å². The number of piperidine rings is 2. The van der Waals surface area contributed by atoms with Crippen LogP contribution in [0.5, 0.6) is 5.75 Å². The molecule has 0 N–H and O–H groups in total. The lowest BCUT2D eigenvalue weighted by atomic mass is 9.83. The Hall–Kier alpha value is -2.48. The summed E-state index contributed by atoms with van der Waals surface area (Å²) in [5.74, 6) is -0.587. The molecule has 0 spiro atoms. The number of nitrogens with zero attached hydrogens (tertiary/aromatic N) is 5. The zero-order chi connectivity index (χ0) is 37.4. The third-order valence-electron chi connectivity index (χ3n) is 11.1. The van der Waals surface area contributed by atoms with Crippen LogP contribution in [0.3, 0.4) is 0 Å². The van der Waals surface area contributed by atoms with E-state index >= 15 is 4.39 Å². The Morgan fingerprint density at radius 2 is 1.48 bits per heavy atom. The van der Waals surface area contributed by atoms with E-state index in [9.17, 15) is 13.0 Å². The fourth-order valence-corrected chi connectivity index (χ4v) is 10.9. The van der Waals surface area contributed by atoms with Gasteiger partial charge in [-0.3, -0.25) is 9.88 Å². The summed E-state index contributed by atoms with van der Waals surface area (Å²) >= 11 is -1.28. The van der Waals surface area contributed by atoms with Gasteiger partial charge in [0.15, 0.2) is 4.90 Å². The number of hydrogen-bond donors (Lipinski definition) is 0. The lowest BCUT2D eigenvalue weighted by Gasteiger charge is -2.46. The minimum Gasteiger partial charge on any atom is -0.612 e. The maximum atomic E-state index is 15.9. The Balaban J connectivity index is 1.23. The van der Waals surface area contributed by atoms with Gasteiger partial charge in [0.25, 0.3) is 0 Å². The Bertz CT molecular complexity index is 1810. The molecule has 0 radical (unpaired) electrons. The van der Waals surface area contributed by atoms with E-state index < -0.39 is 37.3 Å². The standard InChI is InChI=1S/C40H58FN5O4S2/c1-8-43-21-23-45(24-22-43)30-13-17-44(18-14-30)29-15-19-46(20-16-29)38-33-26-32(51(7)47)10-11-35(33)42-27-37(38)52(48,49)36-12-9-31(25-34(36)41)50-40(5,6)28-39(2,3)4/h9-12,25-27,29-30H,8,13-24,28H2,1-7H3. The average molecular weight is 756 g/mol. The van der Waals surface area contributed by atoms with Crippen LogP contribution in [-0.4, -0.2) is 115 Å². The summed E-state index contributed by atoms with van der Waals surface area (Å²) in [6, 6.07) is 10.4. The van der Waals surface area contributed by atoms with Crippen molar-refractivity contribution in [2.75, 3.05) is 70.1 Å². The summed E-state index contributed by atoms with van der Waals surface area (Å²) in [5, 5.41) is 0.612. The number of ether oxygens (including phenoxy) is 1. The van der Waals surface area contributed by atoms with Gasteiger partial charge in [0.1, 0.15) is 33.2 Å². The summed E-state index contributed by atoms with van der Waals surface area (Å²) < 4.78 is 63.5. The predicted octanol–water partition coefficient (Wildman–Crippen LogP) is 6.61. The Labute approximate surface area is 314 Å². The van der Waals surface area contributed by atoms with Crippen LogP contribution in [-0.2, 0) is 21.0 Å². The first kappa shape index (κ1) is 39.2. The molecule has 3 saturated heterocycles. The second kappa shape index (κ2) is 15.7. The Morgan fingerprint density at radius 3 is 2.06 bits per heavy atom. The number of benzene rings is 2. The number of likely N-dealkylation sites (tertiary alicyclic amines) is 1. The number of aromatic nitrogens is 1. The number of fused-ring (bicyclic) bond motifs is 1. The van der Waals surface area contributed by atoms with Gasteiger partial charge in [0.05, 0.1) is 11.2 Å². The van der Waals surface area contributed by atoms with Crippen molar-refractivity contribution < 1.29 is 22.1 Å². The number of sulfone groups is 1. The van der Waals surface area contributed by atoms with Crippen molar-refractivity contribution in [3.05, 3.63) is 48.4 Å². The highest BCUT2D eigenvalue weighted by atomic mass is 32.2. The molecule has 12 heteroatoms. The molecule has 1 aromatic heterocycles. The van der Waals surface area contributed by atoms with E-state index in [4.69, 9.17) is 4.74 Å². The molecule has 3 aliphatic heterocycles. The van der Waals surface area contributed by atoms with E-state index in [0.717, 1.165) is 65.1 Å². The second-order valence-corrected chi connectivity index (χ2v) is 20.0. The van der Waals surface area contributed by atoms with Crippen molar-refractivity contribution in [3.8, 4) is 5.75 Å². The third-order valence-corrected chi connectivity index (χ3v) is 13.8. The molecule has 3 aromatic rings. The second-order valence-electron chi connectivity index (χ2n) is 16.8. The van der Waals surface area contributed by atoms with Gasteiger partial charge in [-0.1, -0.05) is 27.7 Å². The lowest BCUT2D eigenvalue weighted by molar-refractivity contribution is 0.0449. The summed E-state index contributed by atoms with van der Waals surface area (Å²) in [7, 11) is -4.35. The molecule has 2 aromatic carbocycles. The molecule has 1 atom stereocenters. The van der Waals surface area contributed by atoms with Crippen molar-refractivity contribution in [1.29, 1.82) is 0 Å². The highest BCUT2D eigenvalue weighted by Crippen LogP contribution is 2.40. The maximum Gasteiger partial charge on any atom is 0.213 e.